The van der Waals surface area contributed by atoms with Crippen LogP contribution in [-0.4, -0.2) is 0 Å². The molecule has 2 heteroatoms. The predicted octanol–water partition coefficient (Wildman–Crippen LogP) is 7.20. The first kappa shape index (κ1) is 22.3. The van der Waals surface area contributed by atoms with E-state index < -0.39 is 11.6 Å². The normalized spacial score (nSPS) is 10.1. The third-order valence-electron chi connectivity index (χ3n) is 5.09. The van der Waals surface area contributed by atoms with Gasteiger partial charge < -0.3 is 0 Å². The maximum absolute atomic E-state index is 14.4. The van der Waals surface area contributed by atoms with Crippen LogP contribution in [0.1, 0.15) is 66.0 Å². The van der Waals surface area contributed by atoms with Gasteiger partial charge in [0.1, 0.15) is 0 Å². The summed E-state index contributed by atoms with van der Waals surface area (Å²) in [5.41, 5.74) is 4.26. The molecule has 0 spiro atoms. The van der Waals surface area contributed by atoms with Crippen LogP contribution in [0.4, 0.5) is 8.78 Å². The molecule has 0 amide bonds. The zero-order valence-electron chi connectivity index (χ0n) is 18.1. The van der Waals surface area contributed by atoms with Gasteiger partial charge in [0.15, 0.2) is 11.6 Å². The van der Waals surface area contributed by atoms with Crippen LogP contribution in [-0.2, 0) is 6.42 Å². The topological polar surface area (TPSA) is 0 Å². The highest BCUT2D eigenvalue weighted by molar-refractivity contribution is 5.48. The van der Waals surface area contributed by atoms with Gasteiger partial charge in [-0.05, 0) is 67.8 Å². The molecule has 3 rings (SSSR count). The van der Waals surface area contributed by atoms with Gasteiger partial charge in [-0.1, -0.05) is 73.6 Å². The second kappa shape index (κ2) is 11.1. The minimum Gasteiger partial charge on any atom is -0.203 e. The molecule has 0 saturated carbocycles. The fourth-order valence-corrected chi connectivity index (χ4v) is 3.18. The lowest BCUT2D eigenvalue weighted by Gasteiger charge is -2.05. The summed E-state index contributed by atoms with van der Waals surface area (Å²) in [5.74, 6) is 10.3. The summed E-state index contributed by atoms with van der Waals surface area (Å²) in [6, 6.07) is 18.7. The molecule has 0 aliphatic rings. The summed E-state index contributed by atoms with van der Waals surface area (Å²) in [6.07, 6.45) is 4.69. The first-order valence-corrected chi connectivity index (χ1v) is 10.7. The summed E-state index contributed by atoms with van der Waals surface area (Å²) in [4.78, 5) is 0. The second-order valence-electron chi connectivity index (χ2n) is 7.65. The molecule has 0 aliphatic heterocycles. The molecule has 0 nitrogen and oxygen atoms in total. The van der Waals surface area contributed by atoms with Crippen molar-refractivity contribution in [1.29, 1.82) is 0 Å². The van der Waals surface area contributed by atoms with E-state index in [1.54, 1.807) is 12.1 Å². The number of aryl methyl sites for hydroxylation is 2. The Balaban J connectivity index is 1.68. The standard InChI is InChI=1S/C29H26F2/c1-3-4-5-6-7-26-20-21-27(29(31)28(26)30)19-18-25-16-14-24(15-17-25)13-12-23-10-8-22(2)9-11-23/h8-11,14-17,20-21H,3-7H2,1-2H3. The van der Waals surface area contributed by atoms with Gasteiger partial charge in [-0.25, -0.2) is 8.78 Å². The van der Waals surface area contributed by atoms with Crippen LogP contribution in [0.5, 0.6) is 0 Å². The molecule has 0 heterocycles. The fraction of sp³-hybridized carbons (Fsp3) is 0.241. The summed E-state index contributed by atoms with van der Waals surface area (Å²) in [6.45, 7) is 4.17. The van der Waals surface area contributed by atoms with E-state index >= 15 is 0 Å². The molecule has 3 aromatic carbocycles. The van der Waals surface area contributed by atoms with Crippen molar-refractivity contribution in [1.82, 2.24) is 0 Å². The van der Waals surface area contributed by atoms with E-state index in [1.807, 2.05) is 55.5 Å². The average molecular weight is 413 g/mol. The smallest absolute Gasteiger partial charge is 0.174 e. The number of halogens is 2. The quantitative estimate of drug-likeness (QED) is 0.307. The molecule has 0 saturated heterocycles. The van der Waals surface area contributed by atoms with Crippen molar-refractivity contribution in [2.75, 3.05) is 0 Å². The Kier molecular flexibility index (Phi) is 8.03. The number of rotatable bonds is 5. The van der Waals surface area contributed by atoms with Crippen molar-refractivity contribution >= 4 is 0 Å². The lowest BCUT2D eigenvalue weighted by molar-refractivity contribution is 0.493. The molecule has 156 valence electrons. The largest absolute Gasteiger partial charge is 0.203 e. The molecule has 0 aromatic heterocycles. The maximum Gasteiger partial charge on any atom is 0.174 e. The molecule has 0 aliphatic carbocycles. The first-order valence-electron chi connectivity index (χ1n) is 10.7. The summed E-state index contributed by atoms with van der Waals surface area (Å²) in [5, 5.41) is 0. The van der Waals surface area contributed by atoms with Crippen LogP contribution in [0.2, 0.25) is 0 Å². The molecular weight excluding hydrogens is 386 g/mol. The van der Waals surface area contributed by atoms with Crippen molar-refractivity contribution in [2.24, 2.45) is 0 Å². The van der Waals surface area contributed by atoms with Crippen LogP contribution < -0.4 is 0 Å². The summed E-state index contributed by atoms with van der Waals surface area (Å²) < 4.78 is 28.7. The predicted molar refractivity (Wildman–Crippen MR) is 124 cm³/mol. The van der Waals surface area contributed by atoms with Crippen LogP contribution >= 0.6 is 0 Å². The number of hydrogen-bond donors (Lipinski definition) is 0. The average Bonchev–Trinajstić information content (AvgIpc) is 2.79. The van der Waals surface area contributed by atoms with Gasteiger partial charge in [-0.2, -0.15) is 0 Å². The van der Waals surface area contributed by atoms with Gasteiger partial charge in [0.2, 0.25) is 0 Å². The van der Waals surface area contributed by atoms with E-state index in [9.17, 15) is 8.78 Å². The molecule has 31 heavy (non-hydrogen) atoms. The Bertz CT molecular complexity index is 1130. The second-order valence-corrected chi connectivity index (χ2v) is 7.65. The Labute approximate surface area is 184 Å². The van der Waals surface area contributed by atoms with Gasteiger partial charge in [-0.15, -0.1) is 0 Å². The Hall–Kier alpha value is -3.36. The van der Waals surface area contributed by atoms with Gasteiger partial charge >= 0.3 is 0 Å². The molecule has 0 unspecified atom stereocenters. The van der Waals surface area contributed by atoms with E-state index in [1.165, 1.54) is 5.56 Å². The Morgan fingerprint density at radius 2 is 1.16 bits per heavy atom. The van der Waals surface area contributed by atoms with Gasteiger partial charge in [-0.3, -0.25) is 0 Å². The molecule has 0 atom stereocenters. The Morgan fingerprint density at radius 1 is 0.613 bits per heavy atom. The third kappa shape index (κ3) is 6.56. The number of unbranched alkanes of at least 4 members (excludes halogenated alkanes) is 3. The minimum atomic E-state index is -0.860. The van der Waals surface area contributed by atoms with Crippen LogP contribution in [0.15, 0.2) is 60.7 Å². The summed E-state index contributed by atoms with van der Waals surface area (Å²) in [7, 11) is 0. The van der Waals surface area contributed by atoms with Gasteiger partial charge in [0.05, 0.1) is 5.56 Å². The zero-order chi connectivity index (χ0) is 22.1. The van der Waals surface area contributed by atoms with E-state index in [0.717, 1.165) is 42.4 Å². The molecular formula is C29H26F2. The fourth-order valence-electron chi connectivity index (χ4n) is 3.18. The van der Waals surface area contributed by atoms with Gasteiger partial charge in [0, 0.05) is 16.7 Å². The molecule has 0 N–H and O–H groups in total. The zero-order valence-corrected chi connectivity index (χ0v) is 18.1. The van der Waals surface area contributed by atoms with Crippen molar-refractivity contribution in [3.8, 4) is 23.7 Å². The highest BCUT2D eigenvalue weighted by Crippen LogP contribution is 2.18. The monoisotopic (exact) mass is 412 g/mol. The van der Waals surface area contributed by atoms with E-state index in [-0.39, 0.29) is 5.56 Å². The SMILES string of the molecule is CCCCCCc1ccc(C#Cc2ccc(C#Cc3ccc(C)cc3)cc2)c(F)c1F. The van der Waals surface area contributed by atoms with Crippen LogP contribution in [0.25, 0.3) is 0 Å². The highest BCUT2D eigenvalue weighted by atomic mass is 19.2. The van der Waals surface area contributed by atoms with Gasteiger partial charge in [0.25, 0.3) is 0 Å². The Morgan fingerprint density at radius 3 is 1.74 bits per heavy atom. The van der Waals surface area contributed by atoms with Crippen LogP contribution in [0, 0.1) is 42.2 Å². The molecule has 3 aromatic rings. The summed E-state index contributed by atoms with van der Waals surface area (Å²) >= 11 is 0. The first-order chi connectivity index (χ1) is 15.1. The maximum atomic E-state index is 14.4. The minimum absolute atomic E-state index is 0.0815. The van der Waals surface area contributed by atoms with Crippen molar-refractivity contribution in [2.45, 2.75) is 46.0 Å². The number of benzene rings is 3. The van der Waals surface area contributed by atoms with Crippen molar-refractivity contribution in [3.63, 3.8) is 0 Å². The van der Waals surface area contributed by atoms with Crippen molar-refractivity contribution < 1.29 is 8.78 Å². The van der Waals surface area contributed by atoms with E-state index in [4.69, 9.17) is 0 Å². The van der Waals surface area contributed by atoms with E-state index in [2.05, 4.69) is 30.6 Å². The molecule has 0 radical (unpaired) electrons. The number of hydrogen-bond acceptors (Lipinski definition) is 0. The van der Waals surface area contributed by atoms with Crippen LogP contribution in [0.3, 0.4) is 0 Å². The lowest BCUT2D eigenvalue weighted by atomic mass is 10.0. The van der Waals surface area contributed by atoms with E-state index in [0.29, 0.717) is 12.0 Å². The third-order valence-corrected chi connectivity index (χ3v) is 5.09. The van der Waals surface area contributed by atoms with Crippen molar-refractivity contribution in [3.05, 3.63) is 106 Å². The molecule has 0 fully saturated rings. The molecule has 0 bridgehead atoms. The highest BCUT2D eigenvalue weighted by Gasteiger charge is 2.11. The lowest BCUT2D eigenvalue weighted by Crippen LogP contribution is -1.98.